The molecule has 26 heavy (non-hydrogen) atoms. The molecule has 0 N–H and O–H groups in total. The number of thioether (sulfide) groups is 1. The fourth-order valence-corrected chi connectivity index (χ4v) is 3.38. The van der Waals surface area contributed by atoms with E-state index in [-0.39, 0.29) is 31.4 Å². The lowest BCUT2D eigenvalue weighted by molar-refractivity contribution is -0.142. The minimum absolute atomic E-state index is 0.0101. The highest BCUT2D eigenvalue weighted by molar-refractivity contribution is 7.99. The summed E-state index contributed by atoms with van der Waals surface area (Å²) in [4.78, 5) is 26.6. The van der Waals surface area contributed by atoms with E-state index < -0.39 is 0 Å². The highest BCUT2D eigenvalue weighted by atomic mass is 35.5. The number of ether oxygens (including phenoxy) is 2. The number of benzene rings is 2. The van der Waals surface area contributed by atoms with Gasteiger partial charge in [0.05, 0.1) is 12.1 Å². The van der Waals surface area contributed by atoms with Crippen LogP contribution < -0.4 is 9.64 Å². The van der Waals surface area contributed by atoms with E-state index in [1.54, 1.807) is 28.8 Å². The molecule has 0 saturated heterocycles. The van der Waals surface area contributed by atoms with E-state index in [2.05, 4.69) is 0 Å². The van der Waals surface area contributed by atoms with Gasteiger partial charge in [-0.3, -0.25) is 9.59 Å². The van der Waals surface area contributed by atoms with Crippen LogP contribution in [-0.2, 0) is 14.3 Å². The standard InChI is InChI=1S/C19H18ClNO4S/c20-14-5-7-15(8-6-14)26-12-11-24-19(23)9-10-21-16-3-1-2-4-17(16)25-13-18(21)22/h1-8H,9-13H2. The van der Waals surface area contributed by atoms with Crippen molar-refractivity contribution in [3.05, 3.63) is 53.6 Å². The molecular weight excluding hydrogens is 374 g/mol. The summed E-state index contributed by atoms with van der Waals surface area (Å²) in [5, 5.41) is 0.694. The highest BCUT2D eigenvalue weighted by Gasteiger charge is 2.25. The lowest BCUT2D eigenvalue weighted by Gasteiger charge is -2.28. The predicted octanol–water partition coefficient (Wildman–Crippen LogP) is 3.79. The van der Waals surface area contributed by atoms with Crippen molar-refractivity contribution in [1.82, 2.24) is 0 Å². The summed E-state index contributed by atoms with van der Waals surface area (Å²) in [7, 11) is 0. The number of halogens is 1. The van der Waals surface area contributed by atoms with E-state index in [9.17, 15) is 9.59 Å². The Morgan fingerprint density at radius 2 is 1.96 bits per heavy atom. The molecule has 0 aliphatic carbocycles. The molecule has 2 aromatic rings. The van der Waals surface area contributed by atoms with E-state index in [1.807, 2.05) is 36.4 Å². The third-order valence-corrected chi connectivity index (χ3v) is 5.00. The molecule has 7 heteroatoms. The van der Waals surface area contributed by atoms with Crippen molar-refractivity contribution in [3.63, 3.8) is 0 Å². The molecule has 1 heterocycles. The summed E-state index contributed by atoms with van der Waals surface area (Å²) < 4.78 is 10.6. The summed E-state index contributed by atoms with van der Waals surface area (Å²) in [5.74, 6) is 0.834. The van der Waals surface area contributed by atoms with Crippen molar-refractivity contribution in [3.8, 4) is 5.75 Å². The summed E-state index contributed by atoms with van der Waals surface area (Å²) in [6, 6.07) is 14.8. The monoisotopic (exact) mass is 391 g/mol. The minimum atomic E-state index is -0.321. The molecule has 1 aliphatic heterocycles. The van der Waals surface area contributed by atoms with Gasteiger partial charge in [0.15, 0.2) is 6.61 Å². The fourth-order valence-electron chi connectivity index (χ4n) is 2.52. The van der Waals surface area contributed by atoms with Crippen LogP contribution in [0.5, 0.6) is 5.75 Å². The van der Waals surface area contributed by atoms with Crippen LogP contribution in [0.2, 0.25) is 5.02 Å². The van der Waals surface area contributed by atoms with Gasteiger partial charge in [0.25, 0.3) is 5.91 Å². The van der Waals surface area contributed by atoms with Crippen molar-refractivity contribution in [2.75, 3.05) is 30.4 Å². The number of para-hydroxylation sites is 2. The number of fused-ring (bicyclic) bond motifs is 1. The van der Waals surface area contributed by atoms with Gasteiger partial charge in [0.1, 0.15) is 12.4 Å². The van der Waals surface area contributed by atoms with Crippen molar-refractivity contribution in [2.24, 2.45) is 0 Å². The number of nitrogens with zero attached hydrogens (tertiary/aromatic N) is 1. The molecular formula is C19H18ClNO4S. The average Bonchev–Trinajstić information content (AvgIpc) is 2.66. The molecule has 136 valence electrons. The number of rotatable bonds is 7. The fraction of sp³-hybridized carbons (Fsp3) is 0.263. The van der Waals surface area contributed by atoms with Crippen molar-refractivity contribution >= 4 is 40.9 Å². The van der Waals surface area contributed by atoms with Gasteiger partial charge in [-0.15, -0.1) is 11.8 Å². The van der Waals surface area contributed by atoms with Crippen molar-refractivity contribution in [1.29, 1.82) is 0 Å². The van der Waals surface area contributed by atoms with E-state index in [1.165, 1.54) is 0 Å². The smallest absolute Gasteiger partial charge is 0.307 e. The van der Waals surface area contributed by atoms with Crippen LogP contribution in [0.25, 0.3) is 0 Å². The molecule has 0 fully saturated rings. The third kappa shape index (κ3) is 4.93. The van der Waals surface area contributed by atoms with Gasteiger partial charge in [-0.1, -0.05) is 23.7 Å². The van der Waals surface area contributed by atoms with Crippen molar-refractivity contribution < 1.29 is 19.1 Å². The van der Waals surface area contributed by atoms with Gasteiger partial charge in [-0.2, -0.15) is 0 Å². The Balaban J connectivity index is 1.41. The number of anilines is 1. The first-order valence-electron chi connectivity index (χ1n) is 8.19. The average molecular weight is 392 g/mol. The lowest BCUT2D eigenvalue weighted by atomic mass is 10.2. The normalized spacial score (nSPS) is 13.1. The zero-order valence-electron chi connectivity index (χ0n) is 14.0. The number of amides is 1. The number of esters is 1. The summed E-state index contributed by atoms with van der Waals surface area (Å²) in [5.41, 5.74) is 0.690. The second-order valence-corrected chi connectivity index (χ2v) is 7.18. The van der Waals surface area contributed by atoms with E-state index in [0.29, 0.717) is 28.8 Å². The molecule has 3 rings (SSSR count). The maximum Gasteiger partial charge on any atom is 0.307 e. The molecule has 2 aromatic carbocycles. The van der Waals surface area contributed by atoms with E-state index in [0.717, 1.165) is 4.90 Å². The molecule has 0 aromatic heterocycles. The van der Waals surface area contributed by atoms with Gasteiger partial charge in [0.2, 0.25) is 0 Å². The molecule has 0 radical (unpaired) electrons. The molecule has 1 aliphatic rings. The predicted molar refractivity (Wildman–Crippen MR) is 102 cm³/mol. The Labute approximate surface area is 161 Å². The van der Waals surface area contributed by atoms with Gasteiger partial charge < -0.3 is 14.4 Å². The molecule has 0 unspecified atom stereocenters. The summed E-state index contributed by atoms with van der Waals surface area (Å²) in [6.07, 6.45) is 0.145. The second kappa shape index (κ2) is 8.96. The number of hydrogen-bond acceptors (Lipinski definition) is 5. The van der Waals surface area contributed by atoms with Gasteiger partial charge >= 0.3 is 5.97 Å². The third-order valence-electron chi connectivity index (χ3n) is 3.78. The summed E-state index contributed by atoms with van der Waals surface area (Å²) in [6.45, 7) is 0.589. The van der Waals surface area contributed by atoms with Crippen LogP contribution in [0.4, 0.5) is 5.69 Å². The topological polar surface area (TPSA) is 55.8 Å². The van der Waals surface area contributed by atoms with Crippen LogP contribution in [0.3, 0.4) is 0 Å². The molecule has 5 nitrogen and oxygen atoms in total. The van der Waals surface area contributed by atoms with Gasteiger partial charge in [-0.05, 0) is 36.4 Å². The van der Waals surface area contributed by atoms with E-state index >= 15 is 0 Å². The largest absolute Gasteiger partial charge is 0.482 e. The Morgan fingerprint density at radius 1 is 1.19 bits per heavy atom. The molecule has 0 atom stereocenters. The maximum absolute atomic E-state index is 12.0. The molecule has 0 bridgehead atoms. The molecule has 0 saturated carbocycles. The Bertz CT molecular complexity index is 781. The van der Waals surface area contributed by atoms with Crippen molar-refractivity contribution in [2.45, 2.75) is 11.3 Å². The van der Waals surface area contributed by atoms with Gasteiger partial charge in [0, 0.05) is 22.2 Å². The van der Waals surface area contributed by atoms with Crippen LogP contribution in [0.1, 0.15) is 6.42 Å². The summed E-state index contributed by atoms with van der Waals surface area (Å²) >= 11 is 7.43. The van der Waals surface area contributed by atoms with Crippen LogP contribution in [0, 0.1) is 0 Å². The quantitative estimate of drug-likeness (QED) is 0.408. The Hall–Kier alpha value is -2.18. The van der Waals surface area contributed by atoms with E-state index in [4.69, 9.17) is 21.1 Å². The number of carbonyl (C=O) groups is 2. The number of carbonyl (C=O) groups excluding carboxylic acids is 2. The molecule has 1 amide bonds. The maximum atomic E-state index is 12.0. The highest BCUT2D eigenvalue weighted by Crippen LogP contribution is 2.31. The first kappa shape index (κ1) is 18.6. The lowest BCUT2D eigenvalue weighted by Crippen LogP contribution is -2.40. The first-order chi connectivity index (χ1) is 12.6. The second-order valence-electron chi connectivity index (χ2n) is 5.57. The molecule has 0 spiro atoms. The SMILES string of the molecule is O=C(CCN1C(=O)COc2ccccc21)OCCSc1ccc(Cl)cc1. The Kier molecular flexibility index (Phi) is 6.41. The Morgan fingerprint density at radius 3 is 2.77 bits per heavy atom. The van der Waals surface area contributed by atoms with Crippen LogP contribution in [0.15, 0.2) is 53.4 Å². The zero-order valence-corrected chi connectivity index (χ0v) is 15.6. The van der Waals surface area contributed by atoms with Crippen LogP contribution in [-0.4, -0.2) is 37.4 Å². The van der Waals surface area contributed by atoms with Crippen LogP contribution >= 0.6 is 23.4 Å². The minimum Gasteiger partial charge on any atom is -0.482 e. The van der Waals surface area contributed by atoms with Gasteiger partial charge in [-0.25, -0.2) is 0 Å². The number of hydrogen-bond donors (Lipinski definition) is 0. The first-order valence-corrected chi connectivity index (χ1v) is 9.56. The zero-order chi connectivity index (χ0) is 18.4.